The lowest BCUT2D eigenvalue weighted by Gasteiger charge is -2.06. The minimum Gasteiger partial charge on any atom is -0.494 e. The molecule has 0 aliphatic heterocycles. The normalized spacial score (nSPS) is 10.5. The molecule has 9 nitrogen and oxygen atoms in total. The summed E-state index contributed by atoms with van der Waals surface area (Å²) in [4.78, 5) is 35.5. The van der Waals surface area contributed by atoms with Gasteiger partial charge in [0.25, 0.3) is 0 Å². The van der Waals surface area contributed by atoms with Crippen LogP contribution in [0.5, 0.6) is 11.5 Å². The number of hydrogen-bond donors (Lipinski definition) is 1. The number of amides is 1. The lowest BCUT2D eigenvalue weighted by molar-refractivity contribution is -0.114. The number of nitrogens with zero attached hydrogens (tertiary/aromatic N) is 2. The van der Waals surface area contributed by atoms with Crippen molar-refractivity contribution in [2.24, 2.45) is 0 Å². The van der Waals surface area contributed by atoms with E-state index in [1.165, 1.54) is 36.1 Å². The van der Waals surface area contributed by atoms with Crippen molar-refractivity contribution in [2.45, 2.75) is 23.9 Å². The van der Waals surface area contributed by atoms with Gasteiger partial charge >= 0.3 is 5.97 Å². The summed E-state index contributed by atoms with van der Waals surface area (Å²) in [5.41, 5.74) is -0.198. The number of anilines is 1. The maximum atomic E-state index is 12.2. The molecule has 3 aromatic rings. The van der Waals surface area contributed by atoms with Gasteiger partial charge in [-0.1, -0.05) is 23.1 Å². The van der Waals surface area contributed by atoms with E-state index in [1.807, 2.05) is 6.92 Å². The maximum Gasteiger partial charge on any atom is 0.343 e. The Morgan fingerprint density at radius 2 is 2.00 bits per heavy atom. The zero-order valence-electron chi connectivity index (χ0n) is 16.0. The molecule has 3 rings (SSSR count). The van der Waals surface area contributed by atoms with Crippen LogP contribution >= 0.6 is 23.1 Å². The van der Waals surface area contributed by atoms with Crippen molar-refractivity contribution in [1.82, 2.24) is 10.2 Å². The molecule has 0 unspecified atom stereocenters. The van der Waals surface area contributed by atoms with E-state index in [0.29, 0.717) is 33.3 Å². The fourth-order valence-electron chi connectivity index (χ4n) is 2.20. The predicted molar refractivity (Wildman–Crippen MR) is 111 cm³/mol. The summed E-state index contributed by atoms with van der Waals surface area (Å²) in [5, 5.41) is 10.7. The molecule has 0 radical (unpaired) electrons. The SMILES string of the molecule is CCOc1ccc(C(=O)Oc2coc(CSc3nnc(NC(C)=O)s3)cc2=O)cc1. The largest absolute Gasteiger partial charge is 0.494 e. The van der Waals surface area contributed by atoms with Gasteiger partial charge in [-0.25, -0.2) is 4.79 Å². The number of hydrogen-bond acceptors (Lipinski definition) is 10. The van der Waals surface area contributed by atoms with Gasteiger partial charge in [0.15, 0.2) is 4.34 Å². The molecule has 0 saturated carbocycles. The fourth-order valence-corrected chi connectivity index (χ4v) is 3.89. The number of carbonyl (C=O) groups is 2. The standard InChI is InChI=1S/C19H17N3O6S2/c1-3-26-13-6-4-12(5-7-13)17(25)28-16-9-27-14(8-15(16)24)10-29-19-22-21-18(30-19)20-11(2)23/h4-9H,3,10H2,1-2H3,(H,20,21,23). The van der Waals surface area contributed by atoms with Gasteiger partial charge in [0.2, 0.25) is 22.2 Å². The van der Waals surface area contributed by atoms with E-state index in [1.54, 1.807) is 24.3 Å². The van der Waals surface area contributed by atoms with Crippen LogP contribution < -0.4 is 20.2 Å². The van der Waals surface area contributed by atoms with Crippen molar-refractivity contribution in [3.63, 3.8) is 0 Å². The lowest BCUT2D eigenvalue weighted by Crippen LogP contribution is -2.14. The smallest absolute Gasteiger partial charge is 0.343 e. The summed E-state index contributed by atoms with van der Waals surface area (Å²) < 4.78 is 16.4. The Kier molecular flexibility index (Phi) is 7.20. The number of esters is 1. The van der Waals surface area contributed by atoms with Gasteiger partial charge in [0, 0.05) is 13.0 Å². The van der Waals surface area contributed by atoms with E-state index < -0.39 is 11.4 Å². The molecule has 0 spiro atoms. The number of aromatic nitrogens is 2. The van der Waals surface area contributed by atoms with Crippen molar-refractivity contribution in [3.05, 3.63) is 58.1 Å². The Bertz CT molecular complexity index is 1090. The van der Waals surface area contributed by atoms with E-state index in [4.69, 9.17) is 13.9 Å². The van der Waals surface area contributed by atoms with E-state index in [9.17, 15) is 14.4 Å². The Labute approximate surface area is 179 Å². The molecule has 2 aromatic heterocycles. The molecule has 1 amide bonds. The van der Waals surface area contributed by atoms with Crippen molar-refractivity contribution < 1.29 is 23.5 Å². The van der Waals surface area contributed by atoms with Crippen molar-refractivity contribution in [1.29, 1.82) is 0 Å². The summed E-state index contributed by atoms with van der Waals surface area (Å²) in [7, 11) is 0. The van der Waals surface area contributed by atoms with Gasteiger partial charge in [-0.3, -0.25) is 9.59 Å². The minimum absolute atomic E-state index is 0.202. The Balaban J connectivity index is 1.59. The topological polar surface area (TPSA) is 121 Å². The van der Waals surface area contributed by atoms with E-state index in [-0.39, 0.29) is 17.2 Å². The molecule has 156 valence electrons. The number of carbonyl (C=O) groups excluding carboxylic acids is 2. The highest BCUT2D eigenvalue weighted by atomic mass is 32.2. The van der Waals surface area contributed by atoms with Crippen LogP contribution in [0, 0.1) is 0 Å². The van der Waals surface area contributed by atoms with Gasteiger partial charge in [0.1, 0.15) is 17.8 Å². The zero-order chi connectivity index (χ0) is 21.5. The molecule has 1 aromatic carbocycles. The Morgan fingerprint density at radius 3 is 2.67 bits per heavy atom. The van der Waals surface area contributed by atoms with Crippen LogP contribution in [-0.4, -0.2) is 28.7 Å². The average molecular weight is 447 g/mol. The third kappa shape index (κ3) is 5.91. The van der Waals surface area contributed by atoms with Crippen LogP contribution in [0.2, 0.25) is 0 Å². The van der Waals surface area contributed by atoms with Gasteiger partial charge < -0.3 is 19.2 Å². The third-order valence-corrected chi connectivity index (χ3v) is 5.48. The van der Waals surface area contributed by atoms with Crippen LogP contribution in [0.25, 0.3) is 0 Å². The molecule has 0 fully saturated rings. The molecule has 11 heteroatoms. The second-order valence-corrected chi connectivity index (χ2v) is 7.96. The number of rotatable bonds is 8. The molecule has 0 aliphatic rings. The first-order valence-electron chi connectivity index (χ1n) is 8.75. The second-order valence-electron chi connectivity index (χ2n) is 5.76. The second kappa shape index (κ2) is 10.0. The fraction of sp³-hybridized carbons (Fsp3) is 0.211. The monoisotopic (exact) mass is 447 g/mol. The van der Waals surface area contributed by atoms with Gasteiger partial charge in [-0.2, -0.15) is 0 Å². The maximum absolute atomic E-state index is 12.2. The van der Waals surface area contributed by atoms with Crippen LogP contribution in [0.4, 0.5) is 5.13 Å². The molecule has 30 heavy (non-hydrogen) atoms. The van der Waals surface area contributed by atoms with Crippen molar-refractivity contribution in [3.8, 4) is 11.5 Å². The van der Waals surface area contributed by atoms with E-state index in [0.717, 1.165) is 6.26 Å². The Hall–Kier alpha value is -3.18. The van der Waals surface area contributed by atoms with E-state index >= 15 is 0 Å². The average Bonchev–Trinajstić information content (AvgIpc) is 3.15. The first kappa shape index (κ1) is 21.5. The van der Waals surface area contributed by atoms with Crippen molar-refractivity contribution in [2.75, 3.05) is 11.9 Å². The quantitative estimate of drug-likeness (QED) is 0.315. The highest BCUT2D eigenvalue weighted by Crippen LogP contribution is 2.28. The number of ether oxygens (including phenoxy) is 2. The van der Waals surface area contributed by atoms with Gasteiger partial charge in [0.05, 0.1) is 17.9 Å². The number of benzene rings is 1. The molecule has 1 N–H and O–H groups in total. The van der Waals surface area contributed by atoms with Crippen LogP contribution in [-0.2, 0) is 10.5 Å². The van der Waals surface area contributed by atoms with Crippen LogP contribution in [0.15, 0.2) is 50.1 Å². The van der Waals surface area contributed by atoms with Gasteiger partial charge in [-0.15, -0.1) is 10.2 Å². The molecule has 2 heterocycles. The summed E-state index contributed by atoms with van der Waals surface area (Å²) in [6, 6.07) is 7.65. The minimum atomic E-state index is -0.674. The molecule has 0 bridgehead atoms. The summed E-state index contributed by atoms with van der Waals surface area (Å²) in [5.74, 6) is 0.219. The molecule has 0 atom stereocenters. The van der Waals surface area contributed by atoms with Crippen molar-refractivity contribution >= 4 is 40.1 Å². The Morgan fingerprint density at radius 1 is 1.23 bits per heavy atom. The van der Waals surface area contributed by atoms with Crippen LogP contribution in [0.3, 0.4) is 0 Å². The molecule has 0 saturated heterocycles. The first-order valence-corrected chi connectivity index (χ1v) is 10.6. The van der Waals surface area contributed by atoms with Crippen LogP contribution in [0.1, 0.15) is 30.0 Å². The number of nitrogens with one attached hydrogen (secondary N) is 1. The number of thioether (sulfide) groups is 1. The summed E-state index contributed by atoms with van der Waals surface area (Å²) in [6.07, 6.45) is 1.10. The van der Waals surface area contributed by atoms with Gasteiger partial charge in [-0.05, 0) is 31.2 Å². The van der Waals surface area contributed by atoms with E-state index in [2.05, 4.69) is 15.5 Å². The highest BCUT2D eigenvalue weighted by molar-refractivity contribution is 8.00. The third-order valence-electron chi connectivity index (χ3n) is 3.48. The zero-order valence-corrected chi connectivity index (χ0v) is 17.7. The summed E-state index contributed by atoms with van der Waals surface area (Å²) >= 11 is 2.50. The molecular formula is C19H17N3O6S2. The summed E-state index contributed by atoms with van der Waals surface area (Å²) in [6.45, 7) is 3.76. The highest BCUT2D eigenvalue weighted by Gasteiger charge is 2.14. The first-order chi connectivity index (χ1) is 14.4. The molecular weight excluding hydrogens is 430 g/mol. The lowest BCUT2D eigenvalue weighted by atomic mass is 10.2. The molecule has 0 aliphatic carbocycles. The predicted octanol–water partition coefficient (Wildman–Crippen LogP) is 3.36.